The predicted molar refractivity (Wildman–Crippen MR) is 75.8 cm³/mol. The van der Waals surface area contributed by atoms with E-state index in [4.69, 9.17) is 0 Å². The summed E-state index contributed by atoms with van der Waals surface area (Å²) in [4.78, 5) is 19.0. The molecule has 0 fully saturated rings. The number of nitrogens with zero attached hydrogens (tertiary/aromatic N) is 4. The van der Waals surface area contributed by atoms with Crippen molar-refractivity contribution in [3.05, 3.63) is 40.7 Å². The van der Waals surface area contributed by atoms with Crippen LogP contribution in [0.15, 0.2) is 12.1 Å². The Kier molecular flexibility index (Phi) is 4.67. The molecule has 0 aliphatic heterocycles. The molecule has 9 heteroatoms. The number of halogens is 3. The van der Waals surface area contributed by atoms with Crippen LogP contribution < -0.4 is 5.32 Å². The third-order valence-corrected chi connectivity index (χ3v) is 3.07. The Morgan fingerprint density at radius 3 is 2.48 bits per heavy atom. The zero-order valence-corrected chi connectivity index (χ0v) is 12.9. The van der Waals surface area contributed by atoms with Gasteiger partial charge in [-0.05, 0) is 26.8 Å². The van der Waals surface area contributed by atoms with Crippen molar-refractivity contribution in [2.24, 2.45) is 0 Å². The van der Waals surface area contributed by atoms with E-state index in [0.717, 1.165) is 11.4 Å². The quantitative estimate of drug-likeness (QED) is 0.933. The molecule has 2 rings (SSSR count). The Balaban J connectivity index is 2.03. The molecule has 0 spiro atoms. The number of amides is 1. The average Bonchev–Trinajstić information content (AvgIpc) is 2.75. The normalized spacial score (nSPS) is 11.6. The van der Waals surface area contributed by atoms with Gasteiger partial charge in [0.25, 0.3) is 5.91 Å². The van der Waals surface area contributed by atoms with E-state index in [1.54, 1.807) is 4.68 Å². The van der Waals surface area contributed by atoms with E-state index >= 15 is 0 Å². The van der Waals surface area contributed by atoms with Crippen LogP contribution in [0.2, 0.25) is 0 Å². The van der Waals surface area contributed by atoms with Crippen LogP contribution in [-0.2, 0) is 12.7 Å². The number of carbonyl (C=O) groups is 1. The summed E-state index contributed by atoms with van der Waals surface area (Å²) < 4.78 is 39.8. The molecule has 0 aliphatic carbocycles. The Hall–Kier alpha value is -2.45. The third kappa shape index (κ3) is 4.27. The molecule has 2 aromatic heterocycles. The van der Waals surface area contributed by atoms with Gasteiger partial charge in [-0.25, -0.2) is 9.97 Å². The predicted octanol–water partition coefficient (Wildman–Crippen LogP) is 2.05. The average molecular weight is 327 g/mol. The minimum absolute atomic E-state index is 0.108. The van der Waals surface area contributed by atoms with Gasteiger partial charge in [-0.1, -0.05) is 0 Å². The minimum Gasteiger partial charge on any atom is -0.349 e. The molecule has 0 unspecified atom stereocenters. The molecule has 1 amide bonds. The summed E-state index contributed by atoms with van der Waals surface area (Å²) in [6, 6.07) is 2.54. The Morgan fingerprint density at radius 1 is 1.22 bits per heavy atom. The zero-order valence-electron chi connectivity index (χ0n) is 12.9. The van der Waals surface area contributed by atoms with Crippen molar-refractivity contribution in [1.82, 2.24) is 25.1 Å². The number of aromatic nitrogens is 4. The van der Waals surface area contributed by atoms with Gasteiger partial charge in [0.15, 0.2) is 0 Å². The van der Waals surface area contributed by atoms with Crippen LogP contribution in [-0.4, -0.2) is 32.2 Å². The Morgan fingerprint density at radius 2 is 1.91 bits per heavy atom. The van der Waals surface area contributed by atoms with Gasteiger partial charge >= 0.3 is 6.18 Å². The summed E-state index contributed by atoms with van der Waals surface area (Å²) in [5.74, 6) is -0.786. The maximum Gasteiger partial charge on any atom is 0.433 e. The number of alkyl halides is 3. The van der Waals surface area contributed by atoms with Crippen LogP contribution in [0.5, 0.6) is 0 Å². The number of hydrogen-bond acceptors (Lipinski definition) is 4. The lowest BCUT2D eigenvalue weighted by Gasteiger charge is -2.10. The molecule has 0 saturated heterocycles. The zero-order chi connectivity index (χ0) is 17.2. The van der Waals surface area contributed by atoms with Crippen molar-refractivity contribution < 1.29 is 18.0 Å². The number of rotatable bonds is 4. The summed E-state index contributed by atoms with van der Waals surface area (Å²) in [6.45, 7) is 5.68. The van der Waals surface area contributed by atoms with E-state index in [1.165, 1.54) is 6.92 Å². The molecule has 0 aromatic carbocycles. The smallest absolute Gasteiger partial charge is 0.349 e. The highest BCUT2D eigenvalue weighted by Crippen LogP contribution is 2.27. The molecule has 0 aliphatic rings. The summed E-state index contributed by atoms with van der Waals surface area (Å²) in [7, 11) is 0. The first-order chi connectivity index (χ1) is 10.7. The molecule has 0 atom stereocenters. The van der Waals surface area contributed by atoms with Crippen molar-refractivity contribution in [3.63, 3.8) is 0 Å². The topological polar surface area (TPSA) is 72.7 Å². The second kappa shape index (κ2) is 6.35. The van der Waals surface area contributed by atoms with Crippen molar-refractivity contribution in [2.45, 2.75) is 33.5 Å². The van der Waals surface area contributed by atoms with E-state index < -0.39 is 17.8 Å². The highest BCUT2D eigenvalue weighted by Gasteiger charge is 2.33. The number of aryl methyl sites for hydroxylation is 3. The van der Waals surface area contributed by atoms with Gasteiger partial charge in [0.05, 0.1) is 12.2 Å². The van der Waals surface area contributed by atoms with Gasteiger partial charge in [0.2, 0.25) is 0 Å². The highest BCUT2D eigenvalue weighted by atomic mass is 19.4. The van der Waals surface area contributed by atoms with E-state index in [-0.39, 0.29) is 18.1 Å². The van der Waals surface area contributed by atoms with Gasteiger partial charge in [0.1, 0.15) is 17.2 Å². The fourth-order valence-corrected chi connectivity index (χ4v) is 2.10. The lowest BCUT2D eigenvalue weighted by molar-refractivity contribution is -0.141. The lowest BCUT2D eigenvalue weighted by atomic mass is 10.3. The third-order valence-electron chi connectivity index (χ3n) is 3.07. The van der Waals surface area contributed by atoms with E-state index in [0.29, 0.717) is 12.6 Å². The van der Waals surface area contributed by atoms with Gasteiger partial charge in [-0.3, -0.25) is 9.48 Å². The largest absolute Gasteiger partial charge is 0.433 e. The first kappa shape index (κ1) is 16.9. The van der Waals surface area contributed by atoms with E-state index in [9.17, 15) is 18.0 Å². The maximum absolute atomic E-state index is 12.7. The van der Waals surface area contributed by atoms with Crippen molar-refractivity contribution in [1.29, 1.82) is 0 Å². The Labute approximate surface area is 130 Å². The molecule has 124 valence electrons. The van der Waals surface area contributed by atoms with Crippen LogP contribution in [0.4, 0.5) is 13.2 Å². The molecule has 2 aromatic rings. The fourth-order valence-electron chi connectivity index (χ4n) is 2.10. The minimum atomic E-state index is -4.62. The molecule has 0 radical (unpaired) electrons. The van der Waals surface area contributed by atoms with Gasteiger partial charge in [0, 0.05) is 18.3 Å². The summed E-state index contributed by atoms with van der Waals surface area (Å²) in [5.41, 5.74) is 0.357. The van der Waals surface area contributed by atoms with E-state index in [2.05, 4.69) is 20.4 Å². The molecule has 2 heterocycles. The van der Waals surface area contributed by atoms with Crippen LogP contribution in [0, 0.1) is 20.8 Å². The van der Waals surface area contributed by atoms with Gasteiger partial charge in [-0.2, -0.15) is 18.3 Å². The van der Waals surface area contributed by atoms with Crippen molar-refractivity contribution >= 4 is 5.91 Å². The highest BCUT2D eigenvalue weighted by molar-refractivity contribution is 5.92. The summed E-state index contributed by atoms with van der Waals surface area (Å²) in [6.07, 6.45) is -4.62. The summed E-state index contributed by atoms with van der Waals surface area (Å²) >= 11 is 0. The molecule has 23 heavy (non-hydrogen) atoms. The first-order valence-electron chi connectivity index (χ1n) is 6.89. The van der Waals surface area contributed by atoms with Crippen LogP contribution in [0.1, 0.15) is 33.4 Å². The SMILES string of the molecule is Cc1cc(C)n(CCNC(=O)c2cc(C(F)(F)F)nc(C)n2)n1. The van der Waals surface area contributed by atoms with Crippen molar-refractivity contribution in [3.8, 4) is 0 Å². The van der Waals surface area contributed by atoms with Gasteiger partial charge in [-0.15, -0.1) is 0 Å². The first-order valence-corrected chi connectivity index (χ1v) is 6.89. The van der Waals surface area contributed by atoms with Gasteiger partial charge < -0.3 is 5.32 Å². The van der Waals surface area contributed by atoms with Crippen LogP contribution in [0.25, 0.3) is 0 Å². The molecule has 0 saturated carbocycles. The fraction of sp³-hybridized carbons (Fsp3) is 0.429. The maximum atomic E-state index is 12.7. The van der Waals surface area contributed by atoms with Crippen LogP contribution in [0.3, 0.4) is 0 Å². The molecular formula is C14H16F3N5O. The van der Waals surface area contributed by atoms with E-state index in [1.807, 2.05) is 19.9 Å². The number of hydrogen-bond donors (Lipinski definition) is 1. The monoisotopic (exact) mass is 327 g/mol. The lowest BCUT2D eigenvalue weighted by Crippen LogP contribution is -2.29. The second-order valence-electron chi connectivity index (χ2n) is 5.09. The summed E-state index contributed by atoms with van der Waals surface area (Å²) in [5, 5.41) is 6.76. The molecule has 0 bridgehead atoms. The second-order valence-corrected chi connectivity index (χ2v) is 5.09. The van der Waals surface area contributed by atoms with Crippen LogP contribution >= 0.6 is 0 Å². The molecular weight excluding hydrogens is 311 g/mol. The number of nitrogens with one attached hydrogen (secondary N) is 1. The molecule has 1 N–H and O–H groups in total. The molecule has 6 nitrogen and oxygen atoms in total. The van der Waals surface area contributed by atoms with Crippen molar-refractivity contribution in [2.75, 3.05) is 6.54 Å². The number of carbonyl (C=O) groups excluding carboxylic acids is 1. The Bertz CT molecular complexity index is 724. The standard InChI is InChI=1S/C14H16F3N5O/c1-8-6-9(2)22(21-8)5-4-18-13(23)11-7-12(14(15,16)17)20-10(3)19-11/h6-7H,4-5H2,1-3H3,(H,18,23).